The highest BCUT2D eigenvalue weighted by Gasteiger charge is 2.09. The molecule has 0 aliphatic carbocycles. The molecule has 164 valence electrons. The number of hydrogen-bond donors (Lipinski definition) is 0. The molecule has 3 rings (SSSR count). The normalized spacial score (nSPS) is 10.9. The van der Waals surface area contributed by atoms with Gasteiger partial charge in [0, 0.05) is 30.9 Å². The number of nitro groups is 1. The van der Waals surface area contributed by atoms with Crippen LogP contribution < -0.4 is 4.90 Å². The molecule has 2 aromatic carbocycles. The van der Waals surface area contributed by atoms with Crippen LogP contribution in [0.5, 0.6) is 0 Å². The Labute approximate surface area is 193 Å². The van der Waals surface area contributed by atoms with Crippen LogP contribution in [0.2, 0.25) is 0 Å². The maximum atomic E-state index is 10.7. The van der Waals surface area contributed by atoms with E-state index < -0.39 is 4.92 Å². The summed E-state index contributed by atoms with van der Waals surface area (Å²) in [6, 6.07) is 18.9. The zero-order chi connectivity index (χ0) is 23.6. The van der Waals surface area contributed by atoms with Crippen LogP contribution >= 0.6 is 11.3 Å². The Morgan fingerprint density at radius 3 is 2.21 bits per heavy atom. The molecule has 0 saturated heterocycles. The largest absolute Gasteiger partial charge is 0.371 e. The van der Waals surface area contributed by atoms with Crippen LogP contribution in [-0.4, -0.2) is 18.0 Å². The van der Waals surface area contributed by atoms with Crippen molar-refractivity contribution in [3.8, 4) is 12.1 Å². The lowest BCUT2D eigenvalue weighted by Crippen LogP contribution is -2.23. The van der Waals surface area contributed by atoms with Crippen molar-refractivity contribution in [3.63, 3.8) is 0 Å². The van der Waals surface area contributed by atoms with Gasteiger partial charge in [-0.1, -0.05) is 11.3 Å². The molecule has 1 aromatic heterocycles. The van der Waals surface area contributed by atoms with Crippen LogP contribution in [0.25, 0.3) is 0 Å². The minimum Gasteiger partial charge on any atom is -0.371 e. The van der Waals surface area contributed by atoms with Gasteiger partial charge in [0.1, 0.15) is 11.1 Å². The molecule has 0 fully saturated rings. The Balaban J connectivity index is 1.72. The molecule has 0 atom stereocenters. The van der Waals surface area contributed by atoms with E-state index >= 15 is 0 Å². The predicted molar refractivity (Wildman–Crippen MR) is 125 cm³/mol. The van der Waals surface area contributed by atoms with Gasteiger partial charge < -0.3 is 4.90 Å². The molecule has 0 radical (unpaired) electrons. The van der Waals surface area contributed by atoms with Crippen molar-refractivity contribution in [2.75, 3.05) is 18.0 Å². The van der Waals surface area contributed by atoms with Crippen molar-refractivity contribution in [2.24, 2.45) is 20.5 Å². The molecule has 0 unspecified atom stereocenters. The standard InChI is InChI=1S/C22H18N8O2S/c1-2-29(13-3-12-23)19-8-4-18(5-9-19)26-28-22-16(15-24)14-21(33-22)27-25-17-6-10-20(11-7-17)30(31)32/h4-11,14H,2-3,13H2,1H3. The molecule has 33 heavy (non-hydrogen) atoms. The fourth-order valence-corrected chi connectivity index (χ4v) is 3.56. The molecule has 0 aliphatic heterocycles. The van der Waals surface area contributed by atoms with Crippen LogP contribution in [0.15, 0.2) is 75.1 Å². The Hall–Kier alpha value is -4.48. The maximum Gasteiger partial charge on any atom is 0.269 e. The summed E-state index contributed by atoms with van der Waals surface area (Å²) in [4.78, 5) is 12.3. The van der Waals surface area contributed by atoms with Crippen molar-refractivity contribution in [1.29, 1.82) is 10.5 Å². The summed E-state index contributed by atoms with van der Waals surface area (Å²) in [5.74, 6) is 0. The van der Waals surface area contributed by atoms with Gasteiger partial charge in [0.2, 0.25) is 0 Å². The topological polar surface area (TPSA) is 143 Å². The molecule has 0 saturated carbocycles. The summed E-state index contributed by atoms with van der Waals surface area (Å²) >= 11 is 1.16. The predicted octanol–water partition coefficient (Wildman–Crippen LogP) is 7.10. The summed E-state index contributed by atoms with van der Waals surface area (Å²) in [6.07, 6.45) is 0.453. The van der Waals surface area contributed by atoms with E-state index in [9.17, 15) is 15.4 Å². The smallest absolute Gasteiger partial charge is 0.269 e. The number of nitro benzene ring substituents is 1. The number of azo groups is 2. The lowest BCUT2D eigenvalue weighted by atomic mass is 10.2. The first-order valence-corrected chi connectivity index (χ1v) is 10.7. The van der Waals surface area contributed by atoms with Gasteiger partial charge in [0.05, 0.1) is 34.4 Å². The van der Waals surface area contributed by atoms with Crippen molar-refractivity contribution >= 4 is 44.1 Å². The average Bonchev–Trinajstić information content (AvgIpc) is 3.25. The van der Waals surface area contributed by atoms with E-state index in [4.69, 9.17) is 5.26 Å². The molecule has 0 aliphatic rings. The lowest BCUT2D eigenvalue weighted by molar-refractivity contribution is -0.384. The lowest BCUT2D eigenvalue weighted by Gasteiger charge is -2.21. The van der Waals surface area contributed by atoms with Gasteiger partial charge in [-0.05, 0) is 49.4 Å². The van der Waals surface area contributed by atoms with E-state index in [2.05, 4.69) is 37.5 Å². The number of benzene rings is 2. The first kappa shape index (κ1) is 23.2. The van der Waals surface area contributed by atoms with Gasteiger partial charge in [-0.3, -0.25) is 10.1 Å². The molecule has 0 spiro atoms. The fourth-order valence-electron chi connectivity index (χ4n) is 2.81. The number of thiophene rings is 1. The van der Waals surface area contributed by atoms with Gasteiger partial charge >= 0.3 is 0 Å². The van der Waals surface area contributed by atoms with Crippen molar-refractivity contribution < 1.29 is 4.92 Å². The zero-order valence-electron chi connectivity index (χ0n) is 17.6. The summed E-state index contributed by atoms with van der Waals surface area (Å²) in [5, 5.41) is 46.3. The van der Waals surface area contributed by atoms with E-state index in [1.165, 1.54) is 24.3 Å². The third-order valence-electron chi connectivity index (χ3n) is 4.49. The minimum absolute atomic E-state index is 0.0304. The van der Waals surface area contributed by atoms with Crippen LogP contribution in [-0.2, 0) is 0 Å². The summed E-state index contributed by atoms with van der Waals surface area (Å²) in [7, 11) is 0. The van der Waals surface area contributed by atoms with E-state index in [0.717, 1.165) is 23.6 Å². The number of nitrogens with zero attached hydrogens (tertiary/aromatic N) is 8. The summed E-state index contributed by atoms with van der Waals surface area (Å²) < 4.78 is 0. The molecule has 0 N–H and O–H groups in total. The molecule has 1 heterocycles. The van der Waals surface area contributed by atoms with Crippen LogP contribution in [0.3, 0.4) is 0 Å². The van der Waals surface area contributed by atoms with E-state index in [-0.39, 0.29) is 5.69 Å². The molecular weight excluding hydrogens is 440 g/mol. The van der Waals surface area contributed by atoms with Gasteiger partial charge in [0.15, 0.2) is 5.00 Å². The number of non-ortho nitro benzene ring substituents is 1. The van der Waals surface area contributed by atoms with Gasteiger partial charge in [-0.25, -0.2) is 0 Å². The SMILES string of the molecule is CCN(CCC#N)c1ccc(N=Nc2sc(N=Nc3ccc([N+](=O)[O-])cc3)cc2C#N)cc1. The second kappa shape index (κ2) is 11.2. The van der Waals surface area contributed by atoms with E-state index in [1.54, 1.807) is 6.07 Å². The van der Waals surface area contributed by atoms with Crippen molar-refractivity contribution in [2.45, 2.75) is 13.3 Å². The number of nitriles is 2. The monoisotopic (exact) mass is 458 g/mol. The average molecular weight is 459 g/mol. The van der Waals surface area contributed by atoms with Crippen molar-refractivity contribution in [1.82, 2.24) is 0 Å². The molecule has 0 bridgehead atoms. The first-order valence-electron chi connectivity index (χ1n) is 9.88. The Bertz CT molecular complexity index is 1250. The quantitative estimate of drug-likeness (QED) is 0.191. The van der Waals surface area contributed by atoms with Crippen LogP contribution in [0.4, 0.5) is 32.8 Å². The summed E-state index contributed by atoms with van der Waals surface area (Å²) in [6.45, 7) is 3.48. The number of rotatable bonds is 9. The molecule has 0 amide bonds. The van der Waals surface area contributed by atoms with Gasteiger partial charge in [-0.15, -0.1) is 20.5 Å². The fraction of sp³-hybridized carbons (Fsp3) is 0.182. The second-order valence-electron chi connectivity index (χ2n) is 6.59. The first-order chi connectivity index (χ1) is 16.0. The highest BCUT2D eigenvalue weighted by molar-refractivity contribution is 7.19. The Kier molecular flexibility index (Phi) is 7.89. The number of anilines is 1. The maximum absolute atomic E-state index is 10.7. The van der Waals surface area contributed by atoms with Crippen LogP contribution in [0, 0.1) is 32.8 Å². The number of hydrogen-bond acceptors (Lipinski definition) is 10. The molecule has 11 heteroatoms. The Morgan fingerprint density at radius 2 is 1.64 bits per heavy atom. The van der Waals surface area contributed by atoms with Gasteiger partial charge in [0.25, 0.3) is 5.69 Å². The second-order valence-corrected chi connectivity index (χ2v) is 7.60. The highest BCUT2D eigenvalue weighted by Crippen LogP contribution is 2.38. The Morgan fingerprint density at radius 1 is 1.00 bits per heavy atom. The third kappa shape index (κ3) is 6.26. The van der Waals surface area contributed by atoms with Crippen molar-refractivity contribution in [3.05, 3.63) is 70.3 Å². The third-order valence-corrected chi connectivity index (χ3v) is 5.39. The molecule has 3 aromatic rings. The minimum atomic E-state index is -0.487. The van der Waals surface area contributed by atoms with E-state index in [0.29, 0.717) is 39.9 Å². The molecular formula is C22H18N8O2S. The molecule has 10 nitrogen and oxygen atoms in total. The van der Waals surface area contributed by atoms with Gasteiger partial charge in [-0.2, -0.15) is 10.5 Å². The van der Waals surface area contributed by atoms with E-state index in [1.807, 2.05) is 31.2 Å². The summed E-state index contributed by atoms with van der Waals surface area (Å²) in [5.41, 5.74) is 2.37. The van der Waals surface area contributed by atoms with Crippen LogP contribution in [0.1, 0.15) is 18.9 Å². The zero-order valence-corrected chi connectivity index (χ0v) is 18.4. The highest BCUT2D eigenvalue weighted by atomic mass is 32.1.